The number of Topliss-reactive ketones (excluding diaryl/α,β-unsaturated/α-hetero) is 1. The van der Waals surface area contributed by atoms with Gasteiger partial charge in [-0.05, 0) is 19.8 Å². The maximum absolute atomic E-state index is 11.3. The molecule has 1 saturated carbocycles. The van der Waals surface area contributed by atoms with E-state index in [9.17, 15) is 9.59 Å². The Morgan fingerprint density at radius 1 is 1.19 bits per heavy atom. The quantitative estimate of drug-likeness (QED) is 0.544. The van der Waals surface area contributed by atoms with E-state index in [-0.39, 0.29) is 17.7 Å². The van der Waals surface area contributed by atoms with Gasteiger partial charge in [-0.3, -0.25) is 9.59 Å². The zero-order valence-electron chi connectivity index (χ0n) is 10.1. The van der Waals surface area contributed by atoms with Gasteiger partial charge in [0.05, 0.1) is 0 Å². The third-order valence-electron chi connectivity index (χ3n) is 3.17. The molecule has 1 unspecified atom stereocenters. The van der Waals surface area contributed by atoms with Gasteiger partial charge in [0.1, 0.15) is 6.10 Å². The summed E-state index contributed by atoms with van der Waals surface area (Å²) in [6.07, 6.45) is 5.15. The summed E-state index contributed by atoms with van der Waals surface area (Å²) in [6, 6.07) is 0. The van der Waals surface area contributed by atoms with E-state index >= 15 is 0 Å². The molecule has 3 heteroatoms. The van der Waals surface area contributed by atoms with Crippen molar-refractivity contribution in [3.05, 3.63) is 12.2 Å². The number of ether oxygens (including phenoxy) is 1. The molecule has 0 saturated heterocycles. The zero-order valence-corrected chi connectivity index (χ0v) is 10.1. The highest BCUT2D eigenvalue weighted by Crippen LogP contribution is 2.31. The summed E-state index contributed by atoms with van der Waals surface area (Å²) in [6.45, 7) is 6.61. The van der Waals surface area contributed by atoms with Gasteiger partial charge in [-0.25, -0.2) is 0 Å². The summed E-state index contributed by atoms with van der Waals surface area (Å²) in [5.74, 6) is -0.149. The van der Waals surface area contributed by atoms with Gasteiger partial charge in [-0.2, -0.15) is 0 Å². The third kappa shape index (κ3) is 3.47. The molecule has 0 aromatic rings. The van der Waals surface area contributed by atoms with Crippen LogP contribution in [-0.2, 0) is 14.3 Å². The molecule has 0 radical (unpaired) electrons. The number of rotatable bonds is 4. The first-order chi connectivity index (χ1) is 7.52. The summed E-state index contributed by atoms with van der Waals surface area (Å²) < 4.78 is 5.25. The zero-order chi connectivity index (χ0) is 12.1. The number of esters is 1. The number of hydrogen-bond donors (Lipinski definition) is 0. The fraction of sp³-hybridized carbons (Fsp3) is 0.692. The normalized spacial score (nSPS) is 18.9. The molecule has 0 heterocycles. The molecule has 0 amide bonds. The van der Waals surface area contributed by atoms with E-state index in [0.717, 1.165) is 25.7 Å². The summed E-state index contributed by atoms with van der Waals surface area (Å²) >= 11 is 0. The van der Waals surface area contributed by atoms with E-state index in [1.807, 2.05) is 0 Å². The van der Waals surface area contributed by atoms with Crippen LogP contribution in [0.1, 0.15) is 46.0 Å². The van der Waals surface area contributed by atoms with E-state index in [4.69, 9.17) is 4.74 Å². The minimum Gasteiger partial charge on any atom is -0.457 e. The highest BCUT2D eigenvalue weighted by Gasteiger charge is 2.29. The first-order valence-corrected chi connectivity index (χ1v) is 5.89. The van der Waals surface area contributed by atoms with Gasteiger partial charge in [-0.15, -0.1) is 0 Å². The average molecular weight is 224 g/mol. The number of hydrogen-bond acceptors (Lipinski definition) is 3. The molecule has 0 N–H and O–H groups in total. The Morgan fingerprint density at radius 2 is 1.75 bits per heavy atom. The summed E-state index contributed by atoms with van der Waals surface area (Å²) in [5.41, 5.74) is 0.432. The van der Waals surface area contributed by atoms with E-state index in [1.54, 1.807) is 0 Å². The van der Waals surface area contributed by atoms with E-state index in [2.05, 4.69) is 6.58 Å². The molecule has 0 aromatic carbocycles. The lowest BCUT2D eigenvalue weighted by atomic mass is 9.82. The van der Waals surface area contributed by atoms with Crippen molar-refractivity contribution < 1.29 is 14.3 Å². The molecule has 0 bridgehead atoms. The number of ketones is 1. The molecule has 1 rings (SSSR count). The van der Waals surface area contributed by atoms with Crippen molar-refractivity contribution >= 4 is 11.8 Å². The van der Waals surface area contributed by atoms with Crippen molar-refractivity contribution in [3.8, 4) is 0 Å². The Morgan fingerprint density at radius 3 is 2.19 bits per heavy atom. The van der Waals surface area contributed by atoms with E-state index in [1.165, 1.54) is 20.3 Å². The molecule has 1 atom stereocenters. The lowest BCUT2D eigenvalue weighted by molar-refractivity contribution is -0.147. The molecule has 1 aliphatic carbocycles. The van der Waals surface area contributed by atoms with Crippen LogP contribution in [0.3, 0.4) is 0 Å². The standard InChI is InChI=1S/C13H20O3/c1-9(10(2)14)13(16-11(3)15)12-7-5-4-6-8-12/h12-13H,1,4-8H2,2-3H3. The predicted octanol–water partition coefficient (Wildman–Crippen LogP) is 2.64. The highest BCUT2D eigenvalue weighted by molar-refractivity contribution is 5.94. The lowest BCUT2D eigenvalue weighted by Gasteiger charge is -2.30. The third-order valence-corrected chi connectivity index (χ3v) is 3.17. The van der Waals surface area contributed by atoms with Crippen LogP contribution in [0.25, 0.3) is 0 Å². The van der Waals surface area contributed by atoms with Gasteiger partial charge in [0.25, 0.3) is 0 Å². The number of carbonyl (C=O) groups is 2. The molecular weight excluding hydrogens is 204 g/mol. The first kappa shape index (κ1) is 12.9. The van der Waals surface area contributed by atoms with Crippen LogP contribution in [0.15, 0.2) is 12.2 Å². The molecule has 16 heavy (non-hydrogen) atoms. The van der Waals surface area contributed by atoms with E-state index < -0.39 is 6.10 Å². The van der Waals surface area contributed by atoms with Crippen LogP contribution >= 0.6 is 0 Å². The van der Waals surface area contributed by atoms with Crippen molar-refractivity contribution in [2.45, 2.75) is 52.1 Å². The molecule has 3 nitrogen and oxygen atoms in total. The maximum atomic E-state index is 11.3. The van der Waals surface area contributed by atoms with Crippen LogP contribution in [0.5, 0.6) is 0 Å². The SMILES string of the molecule is C=C(C(C)=O)C(OC(C)=O)C1CCCCC1. The van der Waals surface area contributed by atoms with Crippen molar-refractivity contribution in [1.82, 2.24) is 0 Å². The second-order valence-electron chi connectivity index (χ2n) is 4.51. The Labute approximate surface area is 96.9 Å². The van der Waals surface area contributed by atoms with Crippen molar-refractivity contribution in [1.29, 1.82) is 0 Å². The minimum absolute atomic E-state index is 0.0863. The van der Waals surface area contributed by atoms with Gasteiger partial charge < -0.3 is 4.74 Å². The molecule has 0 aromatic heterocycles. The predicted molar refractivity (Wildman–Crippen MR) is 62.0 cm³/mol. The van der Waals surface area contributed by atoms with Crippen molar-refractivity contribution in [2.24, 2.45) is 5.92 Å². The first-order valence-electron chi connectivity index (χ1n) is 5.89. The Bertz CT molecular complexity index is 288. The summed E-state index contributed by atoms with van der Waals surface area (Å²) in [4.78, 5) is 22.4. The summed E-state index contributed by atoms with van der Waals surface area (Å²) in [7, 11) is 0. The molecular formula is C13H20O3. The second kappa shape index (κ2) is 5.83. The highest BCUT2D eigenvalue weighted by atomic mass is 16.5. The smallest absolute Gasteiger partial charge is 0.303 e. The van der Waals surface area contributed by atoms with Gasteiger partial charge in [0.2, 0.25) is 0 Å². The lowest BCUT2D eigenvalue weighted by Crippen LogP contribution is -2.31. The maximum Gasteiger partial charge on any atom is 0.303 e. The molecule has 90 valence electrons. The van der Waals surface area contributed by atoms with Gasteiger partial charge in [-0.1, -0.05) is 25.8 Å². The van der Waals surface area contributed by atoms with Gasteiger partial charge in [0.15, 0.2) is 5.78 Å². The monoisotopic (exact) mass is 224 g/mol. The fourth-order valence-electron chi connectivity index (χ4n) is 2.27. The van der Waals surface area contributed by atoms with Crippen molar-refractivity contribution in [3.63, 3.8) is 0 Å². The Hall–Kier alpha value is -1.12. The van der Waals surface area contributed by atoms with Crippen LogP contribution in [-0.4, -0.2) is 17.9 Å². The number of carbonyl (C=O) groups excluding carboxylic acids is 2. The molecule has 0 aliphatic heterocycles. The van der Waals surface area contributed by atoms with Gasteiger partial charge >= 0.3 is 5.97 Å². The second-order valence-corrected chi connectivity index (χ2v) is 4.51. The van der Waals surface area contributed by atoms with Crippen molar-refractivity contribution in [2.75, 3.05) is 0 Å². The molecule has 1 fully saturated rings. The molecule has 1 aliphatic rings. The van der Waals surface area contributed by atoms with E-state index in [0.29, 0.717) is 5.57 Å². The summed E-state index contributed by atoms with van der Waals surface area (Å²) in [5, 5.41) is 0. The van der Waals surface area contributed by atoms with Crippen LogP contribution < -0.4 is 0 Å². The fourth-order valence-corrected chi connectivity index (χ4v) is 2.27. The molecule has 0 spiro atoms. The van der Waals surface area contributed by atoms with Crippen LogP contribution in [0.2, 0.25) is 0 Å². The Kier molecular flexibility index (Phi) is 4.71. The largest absolute Gasteiger partial charge is 0.457 e. The minimum atomic E-state index is -0.407. The topological polar surface area (TPSA) is 43.4 Å². The van der Waals surface area contributed by atoms with Gasteiger partial charge in [0, 0.05) is 18.4 Å². The van der Waals surface area contributed by atoms with Crippen LogP contribution in [0.4, 0.5) is 0 Å². The Balaban J connectivity index is 2.72. The average Bonchev–Trinajstić information content (AvgIpc) is 2.26. The van der Waals surface area contributed by atoms with Crippen LogP contribution in [0, 0.1) is 5.92 Å².